The number of hydrogen-bond donors (Lipinski definition) is 0. The Balaban J connectivity index is 1.25. The van der Waals surface area contributed by atoms with Crippen molar-refractivity contribution in [1.82, 2.24) is 0 Å². The molecule has 0 atom stereocenters. The molecule has 3 aromatic rings. The number of esters is 1. The maximum absolute atomic E-state index is 12.4. The average molecular weight is 416 g/mol. The Labute approximate surface area is 179 Å². The fraction of sp³-hybridized carbons (Fsp3) is 0.160. The number of fused-ring (bicyclic) bond motifs is 1. The SMILES string of the molecule is O=C(CCC(=O)c1ccc(-c2ccccc2)cc1)OCC(=O)c1ccc2c(c1)OCO2. The van der Waals surface area contributed by atoms with Gasteiger partial charge in [0.25, 0.3) is 0 Å². The fourth-order valence-corrected chi connectivity index (χ4v) is 3.21. The van der Waals surface area contributed by atoms with E-state index in [9.17, 15) is 14.4 Å². The molecular formula is C25H20O6. The summed E-state index contributed by atoms with van der Waals surface area (Å²) in [5.41, 5.74) is 2.98. The number of rotatable bonds is 8. The maximum atomic E-state index is 12.4. The molecule has 0 bridgehead atoms. The van der Waals surface area contributed by atoms with E-state index in [1.807, 2.05) is 42.5 Å². The first-order valence-electron chi connectivity index (χ1n) is 9.87. The first-order chi connectivity index (χ1) is 15.1. The second-order valence-electron chi connectivity index (χ2n) is 7.02. The second-order valence-corrected chi connectivity index (χ2v) is 7.02. The number of carbonyl (C=O) groups is 3. The van der Waals surface area contributed by atoms with Gasteiger partial charge in [-0.2, -0.15) is 0 Å². The van der Waals surface area contributed by atoms with Crippen LogP contribution in [0, 0.1) is 0 Å². The molecule has 6 nitrogen and oxygen atoms in total. The third kappa shape index (κ3) is 4.98. The van der Waals surface area contributed by atoms with Crippen molar-refractivity contribution in [3.05, 3.63) is 83.9 Å². The van der Waals surface area contributed by atoms with E-state index in [4.69, 9.17) is 14.2 Å². The van der Waals surface area contributed by atoms with Gasteiger partial charge in [0.15, 0.2) is 29.7 Å². The molecule has 0 unspecified atom stereocenters. The van der Waals surface area contributed by atoms with Gasteiger partial charge in [0, 0.05) is 17.5 Å². The zero-order chi connectivity index (χ0) is 21.6. The van der Waals surface area contributed by atoms with Crippen molar-refractivity contribution in [1.29, 1.82) is 0 Å². The van der Waals surface area contributed by atoms with Crippen molar-refractivity contribution < 1.29 is 28.6 Å². The molecule has 3 aromatic carbocycles. The van der Waals surface area contributed by atoms with Gasteiger partial charge in [0.05, 0.1) is 6.42 Å². The summed E-state index contributed by atoms with van der Waals surface area (Å²) in [6.45, 7) is -0.274. The Morgan fingerprint density at radius 1 is 0.710 bits per heavy atom. The zero-order valence-electron chi connectivity index (χ0n) is 16.7. The van der Waals surface area contributed by atoms with E-state index in [2.05, 4.69) is 0 Å². The monoisotopic (exact) mass is 416 g/mol. The Morgan fingerprint density at radius 2 is 1.39 bits per heavy atom. The van der Waals surface area contributed by atoms with E-state index < -0.39 is 12.6 Å². The van der Waals surface area contributed by atoms with Gasteiger partial charge in [0.2, 0.25) is 6.79 Å². The highest BCUT2D eigenvalue weighted by molar-refractivity contribution is 5.99. The van der Waals surface area contributed by atoms with Gasteiger partial charge in [-0.1, -0.05) is 54.6 Å². The first-order valence-corrected chi connectivity index (χ1v) is 9.87. The van der Waals surface area contributed by atoms with Gasteiger partial charge in [-0.25, -0.2) is 0 Å². The molecule has 0 N–H and O–H groups in total. The van der Waals surface area contributed by atoms with Crippen LogP contribution >= 0.6 is 0 Å². The van der Waals surface area contributed by atoms with Crippen LogP contribution in [0.3, 0.4) is 0 Å². The van der Waals surface area contributed by atoms with Gasteiger partial charge in [-0.05, 0) is 29.3 Å². The lowest BCUT2D eigenvalue weighted by Gasteiger charge is -2.06. The number of carbonyl (C=O) groups excluding carboxylic acids is 3. The van der Waals surface area contributed by atoms with Crippen LogP contribution in [0.15, 0.2) is 72.8 Å². The third-order valence-corrected chi connectivity index (χ3v) is 4.93. The van der Waals surface area contributed by atoms with Crippen LogP contribution in [0.2, 0.25) is 0 Å². The quantitative estimate of drug-likeness (QED) is 0.398. The minimum Gasteiger partial charge on any atom is -0.457 e. The summed E-state index contributed by atoms with van der Waals surface area (Å²) in [7, 11) is 0. The summed E-state index contributed by atoms with van der Waals surface area (Å²) in [4.78, 5) is 36.6. The van der Waals surface area contributed by atoms with Gasteiger partial charge in [-0.15, -0.1) is 0 Å². The van der Waals surface area contributed by atoms with Gasteiger partial charge < -0.3 is 14.2 Å². The smallest absolute Gasteiger partial charge is 0.306 e. The molecule has 1 aliphatic rings. The molecule has 31 heavy (non-hydrogen) atoms. The second kappa shape index (κ2) is 9.26. The van der Waals surface area contributed by atoms with Gasteiger partial charge in [-0.3, -0.25) is 14.4 Å². The highest BCUT2D eigenvalue weighted by Gasteiger charge is 2.17. The maximum Gasteiger partial charge on any atom is 0.306 e. The zero-order valence-corrected chi connectivity index (χ0v) is 16.7. The summed E-state index contributed by atoms with van der Waals surface area (Å²) in [5.74, 6) is -0.0404. The number of ketones is 2. The molecular weight excluding hydrogens is 396 g/mol. The molecule has 0 saturated heterocycles. The highest BCUT2D eigenvalue weighted by Crippen LogP contribution is 2.32. The largest absolute Gasteiger partial charge is 0.457 e. The molecule has 6 heteroatoms. The number of ether oxygens (including phenoxy) is 3. The summed E-state index contributed by atoms with van der Waals surface area (Å²) in [6, 6.07) is 21.9. The third-order valence-electron chi connectivity index (χ3n) is 4.93. The molecule has 0 aliphatic carbocycles. The topological polar surface area (TPSA) is 78.9 Å². The van der Waals surface area contributed by atoms with Crippen LogP contribution in [-0.2, 0) is 9.53 Å². The molecule has 0 spiro atoms. The minimum absolute atomic E-state index is 0.0156. The Hall–Kier alpha value is -3.93. The number of Topliss-reactive ketones (excluding diaryl/α,β-unsaturated/α-hetero) is 2. The van der Waals surface area contributed by atoms with Crippen LogP contribution in [0.5, 0.6) is 11.5 Å². The lowest BCUT2D eigenvalue weighted by atomic mass is 10.0. The standard InChI is InChI=1S/C25H20O6/c26-21(19-8-6-18(7-9-19)17-4-2-1-3-5-17)11-13-25(28)29-15-22(27)20-10-12-23-24(14-20)31-16-30-23/h1-10,12,14H,11,13,15-16H2. The summed E-state index contributed by atoms with van der Waals surface area (Å²) in [6.07, 6.45) is -0.0740. The highest BCUT2D eigenvalue weighted by atomic mass is 16.7. The van der Waals surface area contributed by atoms with Crippen molar-refractivity contribution in [3.8, 4) is 22.6 Å². The van der Waals surface area contributed by atoms with Crippen molar-refractivity contribution in [2.75, 3.05) is 13.4 Å². The predicted molar refractivity (Wildman–Crippen MR) is 113 cm³/mol. The summed E-state index contributed by atoms with van der Waals surface area (Å²) >= 11 is 0. The molecule has 156 valence electrons. The Kier molecular flexibility index (Phi) is 6.08. The molecule has 0 aromatic heterocycles. The Bertz CT molecular complexity index is 1100. The van der Waals surface area contributed by atoms with Crippen molar-refractivity contribution in [3.63, 3.8) is 0 Å². The molecule has 0 amide bonds. The van der Waals surface area contributed by atoms with Crippen LogP contribution < -0.4 is 9.47 Å². The van der Waals surface area contributed by atoms with Crippen LogP contribution in [-0.4, -0.2) is 30.9 Å². The van der Waals surface area contributed by atoms with Gasteiger partial charge >= 0.3 is 5.97 Å². The average Bonchev–Trinajstić information content (AvgIpc) is 3.29. The van der Waals surface area contributed by atoms with Crippen molar-refractivity contribution in [2.24, 2.45) is 0 Å². The molecule has 0 fully saturated rings. The fourth-order valence-electron chi connectivity index (χ4n) is 3.21. The van der Waals surface area contributed by atoms with E-state index >= 15 is 0 Å². The first kappa shape index (κ1) is 20.3. The van der Waals surface area contributed by atoms with Crippen LogP contribution in [0.4, 0.5) is 0 Å². The predicted octanol–water partition coefficient (Wildman–Crippen LogP) is 4.47. The van der Waals surface area contributed by atoms with E-state index in [1.165, 1.54) is 0 Å². The minimum atomic E-state index is -0.594. The molecule has 0 saturated carbocycles. The van der Waals surface area contributed by atoms with Crippen molar-refractivity contribution >= 4 is 17.5 Å². The van der Waals surface area contributed by atoms with E-state index in [0.717, 1.165) is 11.1 Å². The molecule has 1 aliphatic heterocycles. The van der Waals surface area contributed by atoms with E-state index in [-0.39, 0.29) is 31.2 Å². The molecule has 4 rings (SSSR count). The lowest BCUT2D eigenvalue weighted by Crippen LogP contribution is -2.15. The van der Waals surface area contributed by atoms with E-state index in [0.29, 0.717) is 22.6 Å². The van der Waals surface area contributed by atoms with Crippen molar-refractivity contribution in [2.45, 2.75) is 12.8 Å². The molecule has 1 heterocycles. The number of benzene rings is 3. The van der Waals surface area contributed by atoms with Gasteiger partial charge in [0.1, 0.15) is 0 Å². The summed E-state index contributed by atoms with van der Waals surface area (Å²) < 4.78 is 15.5. The summed E-state index contributed by atoms with van der Waals surface area (Å²) in [5, 5.41) is 0. The molecule has 0 radical (unpaired) electrons. The van der Waals surface area contributed by atoms with E-state index in [1.54, 1.807) is 30.3 Å². The van der Waals surface area contributed by atoms with Crippen LogP contribution in [0.25, 0.3) is 11.1 Å². The number of hydrogen-bond acceptors (Lipinski definition) is 6. The Morgan fingerprint density at radius 3 is 2.16 bits per heavy atom. The lowest BCUT2D eigenvalue weighted by molar-refractivity contribution is -0.142. The van der Waals surface area contributed by atoms with Crippen LogP contribution in [0.1, 0.15) is 33.6 Å². The normalized spacial score (nSPS) is 11.7.